The molecule has 146 valence electrons. The average molecular weight is 362 g/mol. The van der Waals surface area contributed by atoms with Crippen LogP contribution in [0.2, 0.25) is 0 Å². The molecule has 3 rings (SSSR count). The fourth-order valence-corrected chi connectivity index (χ4v) is 4.23. The predicted molar refractivity (Wildman–Crippen MR) is 104 cm³/mol. The Balaban J connectivity index is 1.73. The topological polar surface area (TPSA) is 30.9 Å². The zero-order valence-electron chi connectivity index (χ0n) is 16.7. The van der Waals surface area contributed by atoms with E-state index in [0.29, 0.717) is 12.0 Å². The van der Waals surface area contributed by atoms with E-state index in [1.165, 1.54) is 37.9 Å². The van der Waals surface area contributed by atoms with Crippen LogP contribution < -0.4 is 4.74 Å². The Morgan fingerprint density at radius 1 is 1.19 bits per heavy atom. The van der Waals surface area contributed by atoms with Gasteiger partial charge < -0.3 is 19.1 Å². The summed E-state index contributed by atoms with van der Waals surface area (Å²) in [6.45, 7) is 7.82. The van der Waals surface area contributed by atoms with Crippen molar-refractivity contribution in [1.29, 1.82) is 0 Å². The van der Waals surface area contributed by atoms with Gasteiger partial charge in [0, 0.05) is 19.2 Å². The van der Waals surface area contributed by atoms with Crippen molar-refractivity contribution in [2.75, 3.05) is 26.8 Å². The van der Waals surface area contributed by atoms with Gasteiger partial charge in [-0.25, -0.2) is 0 Å². The first kappa shape index (κ1) is 19.7. The van der Waals surface area contributed by atoms with Gasteiger partial charge in [0.05, 0.1) is 13.2 Å². The fraction of sp³-hybridized carbons (Fsp3) is 0.727. The molecule has 2 saturated heterocycles. The quantitative estimate of drug-likeness (QED) is 0.666. The van der Waals surface area contributed by atoms with E-state index in [9.17, 15) is 0 Å². The number of hydrogen-bond acceptors (Lipinski definition) is 4. The van der Waals surface area contributed by atoms with Crippen LogP contribution in [0, 0.1) is 5.92 Å². The van der Waals surface area contributed by atoms with Crippen LogP contribution in [0.15, 0.2) is 24.3 Å². The van der Waals surface area contributed by atoms with Gasteiger partial charge in [-0.2, -0.15) is 0 Å². The summed E-state index contributed by atoms with van der Waals surface area (Å²) in [7, 11) is 1.72. The van der Waals surface area contributed by atoms with Gasteiger partial charge in [0.25, 0.3) is 0 Å². The smallest absolute Gasteiger partial charge is 0.158 e. The SMILES string of the molecule is COc1cccc(C(CC2CCCN2CC(C)C)OC2CCCCO2)c1. The highest BCUT2D eigenvalue weighted by Gasteiger charge is 2.30. The molecule has 0 bridgehead atoms. The Bertz CT molecular complexity index is 542. The highest BCUT2D eigenvalue weighted by Crippen LogP contribution is 2.34. The molecule has 0 aliphatic carbocycles. The molecule has 4 heteroatoms. The van der Waals surface area contributed by atoms with Crippen molar-refractivity contribution in [3.63, 3.8) is 0 Å². The van der Waals surface area contributed by atoms with Crippen molar-refractivity contribution in [3.05, 3.63) is 29.8 Å². The maximum absolute atomic E-state index is 6.49. The van der Waals surface area contributed by atoms with Crippen LogP contribution in [0.5, 0.6) is 5.75 Å². The highest BCUT2D eigenvalue weighted by atomic mass is 16.7. The van der Waals surface area contributed by atoms with Crippen LogP contribution in [0.4, 0.5) is 0 Å². The predicted octanol–water partition coefficient (Wildman–Crippen LogP) is 4.79. The van der Waals surface area contributed by atoms with Gasteiger partial charge >= 0.3 is 0 Å². The third kappa shape index (κ3) is 5.45. The van der Waals surface area contributed by atoms with E-state index in [0.717, 1.165) is 31.6 Å². The minimum Gasteiger partial charge on any atom is -0.497 e. The largest absolute Gasteiger partial charge is 0.497 e. The molecule has 2 fully saturated rings. The molecule has 0 spiro atoms. The van der Waals surface area contributed by atoms with E-state index in [1.807, 2.05) is 6.07 Å². The van der Waals surface area contributed by atoms with E-state index < -0.39 is 0 Å². The van der Waals surface area contributed by atoms with Gasteiger partial charge in [0.2, 0.25) is 0 Å². The van der Waals surface area contributed by atoms with E-state index in [2.05, 4.69) is 36.9 Å². The lowest BCUT2D eigenvalue weighted by Crippen LogP contribution is -2.35. The van der Waals surface area contributed by atoms with Gasteiger partial charge in [-0.15, -0.1) is 0 Å². The molecular formula is C22H35NO3. The number of methoxy groups -OCH3 is 1. The lowest BCUT2D eigenvalue weighted by atomic mass is 9.99. The molecule has 0 aromatic heterocycles. The van der Waals surface area contributed by atoms with Gasteiger partial charge in [0.1, 0.15) is 5.75 Å². The second-order valence-corrected chi connectivity index (χ2v) is 8.12. The minimum atomic E-state index is -0.0695. The Labute approximate surface area is 158 Å². The standard InChI is InChI=1S/C22H35NO3/c1-17(2)16-23-12-7-9-19(23)15-21(26-22-11-4-5-13-25-22)18-8-6-10-20(14-18)24-3/h6,8,10,14,17,19,21-22H,4-5,7,9,11-13,15-16H2,1-3H3. The third-order valence-corrected chi connectivity index (χ3v) is 5.50. The zero-order chi connectivity index (χ0) is 18.4. The molecule has 2 aliphatic heterocycles. The van der Waals surface area contributed by atoms with Crippen LogP contribution in [0.25, 0.3) is 0 Å². The zero-order valence-corrected chi connectivity index (χ0v) is 16.7. The lowest BCUT2D eigenvalue weighted by Gasteiger charge is -2.32. The number of hydrogen-bond donors (Lipinski definition) is 0. The summed E-state index contributed by atoms with van der Waals surface area (Å²) >= 11 is 0. The van der Waals surface area contributed by atoms with Crippen LogP contribution in [-0.4, -0.2) is 44.0 Å². The molecule has 2 aliphatic rings. The first-order chi connectivity index (χ1) is 12.7. The van der Waals surface area contributed by atoms with Crippen molar-refractivity contribution in [1.82, 2.24) is 4.90 Å². The summed E-state index contributed by atoms with van der Waals surface area (Å²) in [5, 5.41) is 0. The molecule has 4 nitrogen and oxygen atoms in total. The summed E-state index contributed by atoms with van der Waals surface area (Å²) < 4.78 is 17.8. The van der Waals surface area contributed by atoms with Crippen LogP contribution in [-0.2, 0) is 9.47 Å². The summed E-state index contributed by atoms with van der Waals surface area (Å²) in [6.07, 6.45) is 6.92. The van der Waals surface area contributed by atoms with E-state index in [4.69, 9.17) is 14.2 Å². The molecule has 3 atom stereocenters. The summed E-state index contributed by atoms with van der Waals surface area (Å²) in [4.78, 5) is 2.66. The van der Waals surface area contributed by atoms with Crippen LogP contribution >= 0.6 is 0 Å². The van der Waals surface area contributed by atoms with Crippen molar-refractivity contribution in [3.8, 4) is 5.75 Å². The summed E-state index contributed by atoms with van der Waals surface area (Å²) in [6, 6.07) is 8.94. The summed E-state index contributed by atoms with van der Waals surface area (Å²) in [5.41, 5.74) is 1.20. The van der Waals surface area contributed by atoms with Gasteiger partial charge in [0.15, 0.2) is 6.29 Å². The van der Waals surface area contributed by atoms with Gasteiger partial charge in [-0.05, 0) is 68.7 Å². The van der Waals surface area contributed by atoms with E-state index >= 15 is 0 Å². The third-order valence-electron chi connectivity index (χ3n) is 5.50. The first-order valence-corrected chi connectivity index (χ1v) is 10.3. The maximum Gasteiger partial charge on any atom is 0.158 e. The fourth-order valence-electron chi connectivity index (χ4n) is 4.23. The number of nitrogens with zero attached hydrogens (tertiary/aromatic N) is 1. The molecule has 0 saturated carbocycles. The Morgan fingerprint density at radius 3 is 2.81 bits per heavy atom. The second-order valence-electron chi connectivity index (χ2n) is 8.12. The Hall–Kier alpha value is -1.10. The van der Waals surface area contributed by atoms with Gasteiger partial charge in [-0.1, -0.05) is 26.0 Å². The Kier molecular flexibility index (Phi) is 7.35. The van der Waals surface area contributed by atoms with E-state index in [-0.39, 0.29) is 12.4 Å². The average Bonchev–Trinajstić information content (AvgIpc) is 3.08. The number of ether oxygens (including phenoxy) is 3. The monoisotopic (exact) mass is 361 g/mol. The molecule has 2 heterocycles. The molecule has 26 heavy (non-hydrogen) atoms. The molecule has 0 amide bonds. The van der Waals surface area contributed by atoms with Crippen molar-refractivity contribution >= 4 is 0 Å². The molecule has 0 radical (unpaired) electrons. The second kappa shape index (κ2) is 9.72. The van der Waals surface area contributed by atoms with Crippen molar-refractivity contribution in [2.24, 2.45) is 5.92 Å². The lowest BCUT2D eigenvalue weighted by molar-refractivity contribution is -0.193. The minimum absolute atomic E-state index is 0.0611. The van der Waals surface area contributed by atoms with Crippen molar-refractivity contribution < 1.29 is 14.2 Å². The molecular weight excluding hydrogens is 326 g/mol. The maximum atomic E-state index is 6.49. The summed E-state index contributed by atoms with van der Waals surface area (Å²) in [5.74, 6) is 1.60. The first-order valence-electron chi connectivity index (χ1n) is 10.3. The van der Waals surface area contributed by atoms with Crippen molar-refractivity contribution in [2.45, 2.75) is 70.8 Å². The Morgan fingerprint density at radius 2 is 2.08 bits per heavy atom. The molecule has 0 N–H and O–H groups in total. The van der Waals surface area contributed by atoms with E-state index in [1.54, 1.807) is 7.11 Å². The highest BCUT2D eigenvalue weighted by molar-refractivity contribution is 5.30. The number of rotatable bonds is 8. The van der Waals surface area contributed by atoms with Crippen LogP contribution in [0.1, 0.15) is 64.0 Å². The number of benzene rings is 1. The van der Waals surface area contributed by atoms with Crippen LogP contribution in [0.3, 0.4) is 0 Å². The molecule has 1 aromatic carbocycles. The normalized spacial score (nSPS) is 25.5. The van der Waals surface area contributed by atoms with Gasteiger partial charge in [-0.3, -0.25) is 0 Å². The molecule has 1 aromatic rings. The molecule has 3 unspecified atom stereocenters. The number of likely N-dealkylation sites (tertiary alicyclic amines) is 1.